The minimum atomic E-state index is -0.665. The molecule has 1 fully saturated rings. The molecule has 1 aromatic rings. The first-order valence-corrected chi connectivity index (χ1v) is 6.92. The molecule has 1 unspecified atom stereocenters. The lowest BCUT2D eigenvalue weighted by molar-refractivity contribution is -0.136. The lowest BCUT2D eigenvalue weighted by Crippen LogP contribution is -2.51. The summed E-state index contributed by atoms with van der Waals surface area (Å²) in [6.07, 6.45) is 3.51. The quantitative estimate of drug-likeness (QED) is 0.657. The summed E-state index contributed by atoms with van der Waals surface area (Å²) in [7, 11) is 0. The van der Waals surface area contributed by atoms with Crippen LogP contribution in [-0.4, -0.2) is 23.8 Å². The molecule has 1 aliphatic heterocycles. The monoisotopic (exact) mass is 306 g/mol. The number of rotatable bonds is 3. The van der Waals surface area contributed by atoms with Gasteiger partial charge in [0.2, 0.25) is 17.7 Å². The van der Waals surface area contributed by atoms with Crippen LogP contribution < -0.4 is 10.6 Å². The van der Waals surface area contributed by atoms with Gasteiger partial charge >= 0.3 is 0 Å². The lowest BCUT2D eigenvalue weighted by atomic mass is 10.1. The highest BCUT2D eigenvalue weighted by Gasteiger charge is 2.27. The molecule has 110 valence electrons. The Bertz CT molecular complexity index is 625. The summed E-state index contributed by atoms with van der Waals surface area (Å²) in [5, 5.41) is 5.38. The zero-order valence-corrected chi connectivity index (χ0v) is 12.2. The standard InChI is InChI=1S/C15H15ClN2O3/c1-9-2-3-10(8-11(9)16)4-6-13(19)17-12-5-7-14(20)18-15(12)21/h2-4,6,8,12H,5,7H2,1H3,(H,17,19)(H,18,20,21). The van der Waals surface area contributed by atoms with E-state index in [1.54, 1.807) is 12.1 Å². The number of halogens is 1. The van der Waals surface area contributed by atoms with E-state index in [2.05, 4.69) is 10.6 Å². The number of amides is 3. The molecule has 1 saturated heterocycles. The van der Waals surface area contributed by atoms with Crippen LogP contribution in [-0.2, 0) is 14.4 Å². The van der Waals surface area contributed by atoms with Crippen molar-refractivity contribution in [2.75, 3.05) is 0 Å². The maximum atomic E-state index is 11.8. The van der Waals surface area contributed by atoms with Crippen molar-refractivity contribution in [1.82, 2.24) is 10.6 Å². The molecule has 0 saturated carbocycles. The molecule has 0 spiro atoms. The third-order valence-electron chi connectivity index (χ3n) is 3.18. The predicted molar refractivity (Wildman–Crippen MR) is 79.5 cm³/mol. The number of hydrogen-bond donors (Lipinski definition) is 2. The third-order valence-corrected chi connectivity index (χ3v) is 3.59. The topological polar surface area (TPSA) is 75.3 Å². The Labute approximate surface area is 127 Å². The molecule has 0 aromatic heterocycles. The SMILES string of the molecule is Cc1ccc(C=CC(=O)NC2CCC(=O)NC2=O)cc1Cl. The minimum Gasteiger partial charge on any atom is -0.341 e. The largest absolute Gasteiger partial charge is 0.341 e. The van der Waals surface area contributed by atoms with Gasteiger partial charge in [-0.3, -0.25) is 19.7 Å². The molecule has 0 bridgehead atoms. The molecule has 0 radical (unpaired) electrons. The normalized spacial score (nSPS) is 18.7. The van der Waals surface area contributed by atoms with Crippen LogP contribution in [0.15, 0.2) is 24.3 Å². The maximum absolute atomic E-state index is 11.8. The van der Waals surface area contributed by atoms with Crippen molar-refractivity contribution in [1.29, 1.82) is 0 Å². The van der Waals surface area contributed by atoms with Crippen LogP contribution in [0.25, 0.3) is 6.08 Å². The van der Waals surface area contributed by atoms with E-state index in [1.807, 2.05) is 19.1 Å². The van der Waals surface area contributed by atoms with E-state index in [4.69, 9.17) is 11.6 Å². The van der Waals surface area contributed by atoms with Gasteiger partial charge in [0, 0.05) is 17.5 Å². The summed E-state index contributed by atoms with van der Waals surface area (Å²) >= 11 is 6.00. The molecular weight excluding hydrogens is 292 g/mol. The van der Waals surface area contributed by atoms with Gasteiger partial charge in [-0.2, -0.15) is 0 Å². The van der Waals surface area contributed by atoms with Crippen LogP contribution in [0.3, 0.4) is 0 Å². The number of carbonyl (C=O) groups is 3. The number of nitrogens with one attached hydrogen (secondary N) is 2. The van der Waals surface area contributed by atoms with Gasteiger partial charge in [0.25, 0.3) is 0 Å². The molecule has 1 aliphatic rings. The molecule has 2 N–H and O–H groups in total. The maximum Gasteiger partial charge on any atom is 0.249 e. The van der Waals surface area contributed by atoms with Gasteiger partial charge in [-0.25, -0.2) is 0 Å². The van der Waals surface area contributed by atoms with Crippen molar-refractivity contribution in [2.45, 2.75) is 25.8 Å². The van der Waals surface area contributed by atoms with Gasteiger partial charge < -0.3 is 5.32 Å². The Hall–Kier alpha value is -2.14. The van der Waals surface area contributed by atoms with E-state index >= 15 is 0 Å². The average Bonchev–Trinajstić information content (AvgIpc) is 2.43. The fourth-order valence-corrected chi connectivity index (χ4v) is 2.12. The first kappa shape index (κ1) is 15.3. The van der Waals surface area contributed by atoms with Crippen molar-refractivity contribution in [3.8, 4) is 0 Å². The van der Waals surface area contributed by atoms with Crippen molar-refractivity contribution >= 4 is 35.4 Å². The second-order valence-electron chi connectivity index (χ2n) is 4.85. The average molecular weight is 307 g/mol. The Morgan fingerprint density at radius 1 is 1.43 bits per heavy atom. The van der Waals surface area contributed by atoms with Crippen LogP contribution in [0, 0.1) is 6.92 Å². The van der Waals surface area contributed by atoms with Crippen LogP contribution in [0.1, 0.15) is 24.0 Å². The molecule has 21 heavy (non-hydrogen) atoms. The molecule has 3 amide bonds. The van der Waals surface area contributed by atoms with Crippen LogP contribution in [0.2, 0.25) is 5.02 Å². The van der Waals surface area contributed by atoms with Crippen molar-refractivity contribution in [3.05, 3.63) is 40.4 Å². The van der Waals surface area contributed by atoms with Crippen LogP contribution >= 0.6 is 11.6 Å². The van der Waals surface area contributed by atoms with E-state index in [0.717, 1.165) is 11.1 Å². The van der Waals surface area contributed by atoms with Crippen molar-refractivity contribution in [2.24, 2.45) is 0 Å². The smallest absolute Gasteiger partial charge is 0.249 e. The van der Waals surface area contributed by atoms with Gasteiger partial charge in [0.05, 0.1) is 0 Å². The molecule has 5 nitrogen and oxygen atoms in total. The van der Waals surface area contributed by atoms with E-state index in [9.17, 15) is 14.4 Å². The number of carbonyl (C=O) groups excluding carboxylic acids is 3. The number of aryl methyl sites for hydroxylation is 1. The van der Waals surface area contributed by atoms with Gasteiger partial charge in [-0.05, 0) is 36.6 Å². The zero-order valence-electron chi connectivity index (χ0n) is 11.5. The highest BCUT2D eigenvalue weighted by Crippen LogP contribution is 2.17. The number of hydrogen-bond acceptors (Lipinski definition) is 3. The first-order valence-electron chi connectivity index (χ1n) is 6.54. The van der Waals surface area contributed by atoms with Gasteiger partial charge in [0.15, 0.2) is 0 Å². The Kier molecular flexibility index (Phi) is 4.75. The summed E-state index contributed by atoms with van der Waals surface area (Å²) in [6.45, 7) is 1.89. The van der Waals surface area contributed by atoms with E-state index in [0.29, 0.717) is 11.4 Å². The van der Waals surface area contributed by atoms with Crippen LogP contribution in [0.5, 0.6) is 0 Å². The Morgan fingerprint density at radius 3 is 2.86 bits per heavy atom. The molecule has 1 heterocycles. The molecule has 2 rings (SSSR count). The molecule has 0 aliphatic carbocycles. The summed E-state index contributed by atoms with van der Waals surface area (Å²) in [4.78, 5) is 34.3. The van der Waals surface area contributed by atoms with Crippen molar-refractivity contribution in [3.63, 3.8) is 0 Å². The second-order valence-corrected chi connectivity index (χ2v) is 5.26. The van der Waals surface area contributed by atoms with E-state index in [-0.39, 0.29) is 18.2 Å². The predicted octanol–water partition coefficient (Wildman–Crippen LogP) is 1.58. The third kappa shape index (κ3) is 4.16. The summed E-state index contributed by atoms with van der Waals surface area (Å²) < 4.78 is 0. The lowest BCUT2D eigenvalue weighted by Gasteiger charge is -2.20. The van der Waals surface area contributed by atoms with E-state index < -0.39 is 11.9 Å². The summed E-state index contributed by atoms with van der Waals surface area (Å²) in [5.74, 6) is -1.16. The zero-order chi connectivity index (χ0) is 15.4. The number of imide groups is 1. The summed E-state index contributed by atoms with van der Waals surface area (Å²) in [6, 6.07) is 4.80. The minimum absolute atomic E-state index is 0.230. The highest BCUT2D eigenvalue weighted by molar-refractivity contribution is 6.31. The fraction of sp³-hybridized carbons (Fsp3) is 0.267. The second kappa shape index (κ2) is 6.54. The van der Waals surface area contributed by atoms with E-state index in [1.165, 1.54) is 6.08 Å². The molecule has 1 atom stereocenters. The first-order chi connectivity index (χ1) is 9.95. The Morgan fingerprint density at radius 2 is 2.19 bits per heavy atom. The number of benzene rings is 1. The fourth-order valence-electron chi connectivity index (χ4n) is 1.94. The van der Waals surface area contributed by atoms with Crippen molar-refractivity contribution < 1.29 is 14.4 Å². The summed E-state index contributed by atoms with van der Waals surface area (Å²) in [5.41, 5.74) is 1.76. The Balaban J connectivity index is 1.95. The number of piperidine rings is 1. The highest BCUT2D eigenvalue weighted by atomic mass is 35.5. The van der Waals surface area contributed by atoms with Gasteiger partial charge in [-0.15, -0.1) is 0 Å². The van der Waals surface area contributed by atoms with Crippen LogP contribution in [0.4, 0.5) is 0 Å². The molecule has 6 heteroatoms. The molecular formula is C15H15ClN2O3. The molecule has 1 aromatic carbocycles. The van der Waals surface area contributed by atoms with Gasteiger partial charge in [-0.1, -0.05) is 23.7 Å². The van der Waals surface area contributed by atoms with Gasteiger partial charge in [0.1, 0.15) is 6.04 Å².